The van der Waals surface area contributed by atoms with Crippen LogP contribution in [0.25, 0.3) is 10.9 Å². The molecule has 4 rings (SSSR count). The number of fused-ring (bicyclic) bond motifs is 1. The number of halogens is 2. The molecule has 182 valence electrons. The van der Waals surface area contributed by atoms with E-state index in [1.165, 1.54) is 31.4 Å². The molecule has 3 aromatic carbocycles. The van der Waals surface area contributed by atoms with Crippen LogP contribution in [0.1, 0.15) is 18.5 Å². The van der Waals surface area contributed by atoms with Gasteiger partial charge < -0.3 is 20.4 Å². The molecule has 0 saturated carbocycles. The van der Waals surface area contributed by atoms with Crippen LogP contribution >= 0.6 is 23.2 Å². The lowest BCUT2D eigenvalue weighted by Crippen LogP contribution is -2.31. The number of ether oxygens (including phenoxy) is 1. The fourth-order valence-electron chi connectivity index (χ4n) is 3.53. The lowest BCUT2D eigenvalue weighted by atomic mass is 10.1. The fraction of sp³-hybridized carbons (Fsp3) is 0.125. The summed E-state index contributed by atoms with van der Waals surface area (Å²) in [5, 5.41) is 6.89. The molecule has 0 aliphatic heterocycles. The third-order valence-electron chi connectivity index (χ3n) is 5.34. The number of anilines is 2. The summed E-state index contributed by atoms with van der Waals surface area (Å²) in [5.41, 5.74) is 2.40. The molecule has 1 aromatic heterocycles. The number of aromatic amines is 1. The van der Waals surface area contributed by atoms with Crippen molar-refractivity contribution in [2.75, 3.05) is 17.1 Å². The van der Waals surface area contributed by atoms with Gasteiger partial charge in [0.1, 0.15) is 10.8 Å². The van der Waals surface area contributed by atoms with Crippen molar-refractivity contribution in [3.05, 3.63) is 82.5 Å². The van der Waals surface area contributed by atoms with E-state index in [0.717, 1.165) is 10.9 Å². The second-order valence-corrected chi connectivity index (χ2v) is 10.2. The van der Waals surface area contributed by atoms with Gasteiger partial charge in [-0.2, -0.15) is 0 Å². The summed E-state index contributed by atoms with van der Waals surface area (Å²) < 4.78 is 33.2. The molecule has 4 aromatic rings. The lowest BCUT2D eigenvalue weighted by Gasteiger charge is -2.18. The number of sulfonamides is 1. The first-order valence-corrected chi connectivity index (χ1v) is 12.7. The molecule has 0 aliphatic carbocycles. The zero-order valence-electron chi connectivity index (χ0n) is 18.7. The molecule has 35 heavy (non-hydrogen) atoms. The predicted molar refractivity (Wildman–Crippen MR) is 139 cm³/mol. The molecule has 0 unspecified atom stereocenters. The lowest BCUT2D eigenvalue weighted by molar-refractivity contribution is 0.249. The number of hydrogen-bond donors (Lipinski definition) is 4. The fourth-order valence-corrected chi connectivity index (χ4v) is 5.15. The Morgan fingerprint density at radius 1 is 0.971 bits per heavy atom. The number of nitrogens with one attached hydrogen (secondary N) is 4. The van der Waals surface area contributed by atoms with Crippen LogP contribution < -0.4 is 20.1 Å². The zero-order valence-corrected chi connectivity index (χ0v) is 21.1. The van der Waals surface area contributed by atoms with Crippen molar-refractivity contribution in [2.45, 2.75) is 17.9 Å². The number of carbonyl (C=O) groups is 1. The summed E-state index contributed by atoms with van der Waals surface area (Å²) in [6.07, 6.45) is 1.78. The van der Waals surface area contributed by atoms with E-state index in [4.69, 9.17) is 27.9 Å². The average molecular weight is 533 g/mol. The van der Waals surface area contributed by atoms with Crippen molar-refractivity contribution in [3.63, 3.8) is 0 Å². The summed E-state index contributed by atoms with van der Waals surface area (Å²) in [5.74, 6) is 0.437. The highest BCUT2D eigenvalue weighted by Gasteiger charge is 2.18. The first-order chi connectivity index (χ1) is 16.7. The second kappa shape index (κ2) is 10.1. The van der Waals surface area contributed by atoms with Crippen LogP contribution in [-0.2, 0) is 10.0 Å². The van der Waals surface area contributed by atoms with Gasteiger partial charge in [-0.3, -0.25) is 4.72 Å². The highest BCUT2D eigenvalue weighted by atomic mass is 35.5. The first-order valence-electron chi connectivity index (χ1n) is 10.5. The van der Waals surface area contributed by atoms with E-state index in [1.54, 1.807) is 43.5 Å². The molecule has 11 heteroatoms. The van der Waals surface area contributed by atoms with Crippen molar-refractivity contribution in [1.29, 1.82) is 0 Å². The van der Waals surface area contributed by atoms with E-state index in [0.29, 0.717) is 22.7 Å². The summed E-state index contributed by atoms with van der Waals surface area (Å²) in [6.45, 7) is 1.76. The highest BCUT2D eigenvalue weighted by molar-refractivity contribution is 7.92. The predicted octanol–water partition coefficient (Wildman–Crippen LogP) is 6.17. The van der Waals surface area contributed by atoms with Crippen molar-refractivity contribution in [3.8, 4) is 5.75 Å². The van der Waals surface area contributed by atoms with Crippen molar-refractivity contribution >= 4 is 61.5 Å². The van der Waals surface area contributed by atoms with Crippen LogP contribution in [0.2, 0.25) is 10.0 Å². The molecule has 8 nitrogen and oxygen atoms in total. The van der Waals surface area contributed by atoms with Crippen molar-refractivity contribution in [1.82, 2.24) is 10.3 Å². The number of benzene rings is 3. The van der Waals surface area contributed by atoms with Crippen LogP contribution in [0, 0.1) is 0 Å². The van der Waals surface area contributed by atoms with Crippen molar-refractivity contribution < 1.29 is 17.9 Å². The van der Waals surface area contributed by atoms with Gasteiger partial charge in [0.2, 0.25) is 0 Å². The number of rotatable bonds is 7. The monoisotopic (exact) mass is 532 g/mol. The van der Waals surface area contributed by atoms with Crippen LogP contribution in [0.5, 0.6) is 5.75 Å². The number of aromatic nitrogens is 1. The average Bonchev–Trinajstić information content (AvgIpc) is 3.28. The van der Waals surface area contributed by atoms with E-state index in [9.17, 15) is 13.2 Å². The molecule has 0 radical (unpaired) electrons. The number of amides is 2. The Bertz CT molecular complexity index is 1490. The molecule has 1 heterocycles. The zero-order chi connectivity index (χ0) is 25.2. The molecule has 0 saturated heterocycles. The van der Waals surface area contributed by atoms with Gasteiger partial charge in [-0.25, -0.2) is 13.2 Å². The largest absolute Gasteiger partial charge is 0.495 e. The van der Waals surface area contributed by atoms with Gasteiger partial charge in [0.15, 0.2) is 0 Å². The Labute approximate surface area is 212 Å². The van der Waals surface area contributed by atoms with Gasteiger partial charge in [0, 0.05) is 28.5 Å². The Morgan fingerprint density at radius 3 is 2.40 bits per heavy atom. The van der Waals surface area contributed by atoms with Gasteiger partial charge in [-0.1, -0.05) is 29.3 Å². The summed E-state index contributed by atoms with van der Waals surface area (Å²) in [7, 11) is -2.32. The Hall–Kier alpha value is -3.40. The Kier molecular flexibility index (Phi) is 7.11. The molecule has 0 bridgehead atoms. The van der Waals surface area contributed by atoms with E-state index in [1.807, 2.05) is 6.07 Å². The topological polar surface area (TPSA) is 112 Å². The molecule has 0 aliphatic rings. The second-order valence-electron chi connectivity index (χ2n) is 7.71. The SMILES string of the molecule is COc1ccc([C@H](C)NC(=O)Nc2ccc(S(=O)(=O)Nc3ccc4[nH]ccc4c3)cc2)c(Cl)c1Cl. The molecule has 0 spiro atoms. The van der Waals surface area contributed by atoms with Crippen LogP contribution in [0.3, 0.4) is 0 Å². The van der Waals surface area contributed by atoms with Crippen LogP contribution in [0.15, 0.2) is 71.8 Å². The highest BCUT2D eigenvalue weighted by Crippen LogP contribution is 2.37. The van der Waals surface area contributed by atoms with E-state index < -0.39 is 22.1 Å². The van der Waals surface area contributed by atoms with Gasteiger partial charge in [-0.15, -0.1) is 0 Å². The molecule has 0 fully saturated rings. The minimum Gasteiger partial charge on any atom is -0.495 e. The van der Waals surface area contributed by atoms with Gasteiger partial charge >= 0.3 is 6.03 Å². The Morgan fingerprint density at radius 2 is 1.69 bits per heavy atom. The maximum Gasteiger partial charge on any atom is 0.319 e. The molecule has 4 N–H and O–H groups in total. The molecular formula is C24H22Cl2N4O4S. The maximum atomic E-state index is 12.8. The minimum atomic E-state index is -3.81. The van der Waals surface area contributed by atoms with E-state index >= 15 is 0 Å². The third kappa shape index (κ3) is 5.48. The third-order valence-corrected chi connectivity index (χ3v) is 7.62. The first kappa shape index (κ1) is 24.7. The smallest absolute Gasteiger partial charge is 0.319 e. The van der Waals surface area contributed by atoms with Gasteiger partial charge in [-0.05, 0) is 67.1 Å². The normalized spacial score (nSPS) is 12.2. The minimum absolute atomic E-state index is 0.0608. The number of urea groups is 1. The molecule has 2 amide bonds. The summed E-state index contributed by atoms with van der Waals surface area (Å²) >= 11 is 12.5. The van der Waals surface area contributed by atoms with Crippen molar-refractivity contribution in [2.24, 2.45) is 0 Å². The number of H-pyrrole nitrogens is 1. The maximum absolute atomic E-state index is 12.8. The Balaban J connectivity index is 1.40. The van der Waals surface area contributed by atoms with E-state index in [-0.39, 0.29) is 14.9 Å². The summed E-state index contributed by atoms with van der Waals surface area (Å²) in [6, 6.07) is 15.4. The summed E-state index contributed by atoms with van der Waals surface area (Å²) in [4.78, 5) is 15.6. The molecule has 1 atom stereocenters. The quantitative estimate of drug-likeness (QED) is 0.228. The molecular weight excluding hydrogens is 511 g/mol. The number of carbonyl (C=O) groups excluding carboxylic acids is 1. The van der Waals surface area contributed by atoms with E-state index in [2.05, 4.69) is 20.3 Å². The van der Waals surface area contributed by atoms with Gasteiger partial charge in [0.05, 0.1) is 23.1 Å². The van der Waals surface area contributed by atoms with Gasteiger partial charge in [0.25, 0.3) is 10.0 Å². The number of hydrogen-bond acceptors (Lipinski definition) is 4. The van der Waals surface area contributed by atoms with Crippen LogP contribution in [0.4, 0.5) is 16.2 Å². The number of methoxy groups -OCH3 is 1. The standard InChI is InChI=1S/C24H22Cl2N4O4S/c1-14(19-8-10-21(34-2)23(26)22(19)25)28-24(31)29-16-3-6-18(7-4-16)35(32,33)30-17-5-9-20-15(13-17)11-12-27-20/h3-14,27,30H,1-2H3,(H2,28,29,31)/t14-/m0/s1. The van der Waals surface area contributed by atoms with Crippen LogP contribution in [-0.4, -0.2) is 26.5 Å².